The summed E-state index contributed by atoms with van der Waals surface area (Å²) in [5.74, 6) is 2.83. The highest BCUT2D eigenvalue weighted by Crippen LogP contribution is 2.55. The van der Waals surface area contributed by atoms with Crippen LogP contribution in [0.3, 0.4) is 0 Å². The molecule has 6 rings (SSSR count). The van der Waals surface area contributed by atoms with E-state index in [9.17, 15) is 9.59 Å². The van der Waals surface area contributed by atoms with E-state index in [-0.39, 0.29) is 17.4 Å². The molecule has 32 heavy (non-hydrogen) atoms. The molecular weight excluding hydrogens is 418 g/mol. The SMILES string of the molecule is CN(Cc1cccnc1)C(=O)c1ccccc1SCC(=O)NC12CC3CC(CC(C3)C1)C2. The molecule has 6 heteroatoms. The Balaban J connectivity index is 1.21. The Morgan fingerprint density at radius 2 is 1.75 bits per heavy atom. The molecule has 0 radical (unpaired) electrons. The highest BCUT2D eigenvalue weighted by Gasteiger charge is 2.51. The van der Waals surface area contributed by atoms with Gasteiger partial charge in [-0.3, -0.25) is 14.6 Å². The average Bonchev–Trinajstić information content (AvgIpc) is 2.77. The van der Waals surface area contributed by atoms with Gasteiger partial charge in [0.15, 0.2) is 0 Å². The molecule has 1 aromatic heterocycles. The van der Waals surface area contributed by atoms with Crippen LogP contribution >= 0.6 is 11.8 Å². The van der Waals surface area contributed by atoms with Crippen LogP contribution in [0.2, 0.25) is 0 Å². The van der Waals surface area contributed by atoms with Gasteiger partial charge in [-0.15, -0.1) is 11.8 Å². The first-order chi connectivity index (χ1) is 15.5. The van der Waals surface area contributed by atoms with Gasteiger partial charge in [-0.25, -0.2) is 0 Å². The first-order valence-corrected chi connectivity index (χ1v) is 12.7. The minimum Gasteiger partial charge on any atom is -0.350 e. The fraction of sp³-hybridized carbons (Fsp3) is 0.500. The summed E-state index contributed by atoms with van der Waals surface area (Å²) in [6.07, 6.45) is 11.1. The highest BCUT2D eigenvalue weighted by atomic mass is 32.2. The molecule has 2 aromatic rings. The third kappa shape index (κ3) is 4.56. The Labute approximate surface area is 194 Å². The van der Waals surface area contributed by atoms with Crippen LogP contribution < -0.4 is 5.32 Å². The number of aromatic nitrogens is 1. The number of hydrogen-bond acceptors (Lipinski definition) is 4. The van der Waals surface area contributed by atoms with Gasteiger partial charge in [0.25, 0.3) is 5.91 Å². The lowest BCUT2D eigenvalue weighted by molar-refractivity contribution is -0.124. The van der Waals surface area contributed by atoms with E-state index in [1.807, 2.05) is 36.4 Å². The second-order valence-corrected chi connectivity index (χ2v) is 11.1. The van der Waals surface area contributed by atoms with Gasteiger partial charge >= 0.3 is 0 Å². The fourth-order valence-electron chi connectivity index (χ4n) is 6.55. The highest BCUT2D eigenvalue weighted by molar-refractivity contribution is 8.00. The summed E-state index contributed by atoms with van der Waals surface area (Å²) in [4.78, 5) is 32.7. The largest absolute Gasteiger partial charge is 0.350 e. The van der Waals surface area contributed by atoms with E-state index in [0.29, 0.717) is 17.9 Å². The Kier molecular flexibility index (Phi) is 5.97. The van der Waals surface area contributed by atoms with Crippen molar-refractivity contribution in [3.05, 3.63) is 59.9 Å². The number of thioether (sulfide) groups is 1. The Hall–Kier alpha value is -2.34. The van der Waals surface area contributed by atoms with Crippen molar-refractivity contribution in [1.29, 1.82) is 0 Å². The van der Waals surface area contributed by atoms with Gasteiger partial charge < -0.3 is 10.2 Å². The minimum absolute atomic E-state index is 0.0334. The van der Waals surface area contributed by atoms with E-state index in [2.05, 4.69) is 10.3 Å². The molecule has 0 unspecified atom stereocenters. The molecule has 1 heterocycles. The number of hydrogen-bond donors (Lipinski definition) is 1. The smallest absolute Gasteiger partial charge is 0.255 e. The number of carbonyl (C=O) groups is 2. The standard InChI is InChI=1S/C26H31N3O2S/c1-29(16-18-5-4-8-27-15-18)25(31)22-6-2-3-7-23(22)32-17-24(30)28-26-12-19-9-20(13-26)11-21(10-19)14-26/h2-8,15,19-21H,9-14,16-17H2,1H3,(H,28,30). The molecule has 0 atom stereocenters. The lowest BCUT2D eigenvalue weighted by atomic mass is 9.53. The fourth-order valence-corrected chi connectivity index (χ4v) is 7.40. The summed E-state index contributed by atoms with van der Waals surface area (Å²) in [7, 11) is 1.80. The van der Waals surface area contributed by atoms with Crippen molar-refractivity contribution in [2.45, 2.75) is 55.5 Å². The molecule has 4 aliphatic carbocycles. The van der Waals surface area contributed by atoms with Crippen LogP contribution in [-0.4, -0.2) is 40.0 Å². The summed E-state index contributed by atoms with van der Waals surface area (Å²) in [5, 5.41) is 3.44. The van der Waals surface area contributed by atoms with Crippen LogP contribution in [0.25, 0.3) is 0 Å². The molecule has 0 saturated heterocycles. The number of rotatable bonds is 7. The number of nitrogens with zero attached hydrogens (tertiary/aromatic N) is 2. The van der Waals surface area contributed by atoms with Crippen molar-refractivity contribution in [2.75, 3.05) is 12.8 Å². The molecule has 2 amide bonds. The van der Waals surface area contributed by atoms with Crippen molar-refractivity contribution in [3.63, 3.8) is 0 Å². The van der Waals surface area contributed by atoms with Crippen LogP contribution in [0.1, 0.15) is 54.4 Å². The third-order valence-electron chi connectivity index (χ3n) is 7.41. The van der Waals surface area contributed by atoms with E-state index in [4.69, 9.17) is 0 Å². The molecule has 4 saturated carbocycles. The van der Waals surface area contributed by atoms with Crippen LogP contribution in [0.4, 0.5) is 0 Å². The Bertz CT molecular complexity index is 958. The Morgan fingerprint density at radius 1 is 1.06 bits per heavy atom. The number of amides is 2. The second kappa shape index (κ2) is 8.89. The van der Waals surface area contributed by atoms with E-state index in [1.54, 1.807) is 24.3 Å². The zero-order chi connectivity index (χ0) is 22.1. The van der Waals surface area contributed by atoms with E-state index in [0.717, 1.165) is 47.5 Å². The maximum atomic E-state index is 13.1. The van der Waals surface area contributed by atoms with Crippen LogP contribution in [0.15, 0.2) is 53.7 Å². The predicted molar refractivity (Wildman–Crippen MR) is 126 cm³/mol. The van der Waals surface area contributed by atoms with E-state index < -0.39 is 0 Å². The normalized spacial score (nSPS) is 27.8. The summed E-state index contributed by atoms with van der Waals surface area (Å²) in [5.41, 5.74) is 1.67. The summed E-state index contributed by atoms with van der Waals surface area (Å²) in [6, 6.07) is 11.4. The third-order valence-corrected chi connectivity index (χ3v) is 8.48. The number of nitrogens with one attached hydrogen (secondary N) is 1. The maximum Gasteiger partial charge on any atom is 0.255 e. The van der Waals surface area contributed by atoms with Gasteiger partial charge in [0.2, 0.25) is 5.91 Å². The van der Waals surface area contributed by atoms with Crippen LogP contribution in [0, 0.1) is 17.8 Å². The van der Waals surface area contributed by atoms with Gasteiger partial charge in [0.05, 0.1) is 11.3 Å². The first-order valence-electron chi connectivity index (χ1n) is 11.7. The lowest BCUT2D eigenvalue weighted by Crippen LogP contribution is -2.60. The van der Waals surface area contributed by atoms with Crippen LogP contribution in [0.5, 0.6) is 0 Å². The molecule has 1 aromatic carbocycles. The minimum atomic E-state index is -0.0431. The first kappa shape index (κ1) is 21.5. The maximum absolute atomic E-state index is 13.1. The van der Waals surface area contributed by atoms with Crippen LogP contribution in [-0.2, 0) is 11.3 Å². The molecular formula is C26H31N3O2S. The van der Waals surface area contributed by atoms with Gasteiger partial charge in [-0.1, -0.05) is 18.2 Å². The van der Waals surface area contributed by atoms with Crippen molar-refractivity contribution in [2.24, 2.45) is 17.8 Å². The average molecular weight is 450 g/mol. The summed E-state index contributed by atoms with van der Waals surface area (Å²) in [6.45, 7) is 0.498. The van der Waals surface area contributed by atoms with Gasteiger partial charge in [0, 0.05) is 36.4 Å². The van der Waals surface area contributed by atoms with Gasteiger partial charge in [-0.2, -0.15) is 0 Å². The molecule has 168 valence electrons. The molecule has 0 spiro atoms. The topological polar surface area (TPSA) is 62.3 Å². The Morgan fingerprint density at radius 3 is 2.41 bits per heavy atom. The van der Waals surface area contributed by atoms with Crippen molar-refractivity contribution < 1.29 is 9.59 Å². The monoisotopic (exact) mass is 449 g/mol. The van der Waals surface area contributed by atoms with Gasteiger partial charge in [-0.05, 0) is 80.0 Å². The summed E-state index contributed by atoms with van der Waals surface area (Å²) < 4.78 is 0. The van der Waals surface area contributed by atoms with E-state index >= 15 is 0 Å². The van der Waals surface area contributed by atoms with Crippen molar-refractivity contribution >= 4 is 23.6 Å². The molecule has 4 bridgehead atoms. The van der Waals surface area contributed by atoms with Crippen molar-refractivity contribution in [1.82, 2.24) is 15.2 Å². The molecule has 1 N–H and O–H groups in total. The lowest BCUT2D eigenvalue weighted by Gasteiger charge is -2.56. The predicted octanol–water partition coefficient (Wildman–Crippen LogP) is 4.53. The van der Waals surface area contributed by atoms with Gasteiger partial charge in [0.1, 0.15) is 0 Å². The second-order valence-electron chi connectivity index (χ2n) is 10.1. The molecule has 4 aliphatic rings. The van der Waals surface area contributed by atoms with E-state index in [1.165, 1.54) is 31.0 Å². The quantitative estimate of drug-likeness (QED) is 0.631. The van der Waals surface area contributed by atoms with Crippen molar-refractivity contribution in [3.8, 4) is 0 Å². The zero-order valence-corrected chi connectivity index (χ0v) is 19.4. The number of carbonyl (C=O) groups excluding carboxylic acids is 2. The molecule has 0 aliphatic heterocycles. The molecule has 4 fully saturated rings. The number of benzene rings is 1. The number of pyridine rings is 1. The molecule has 5 nitrogen and oxygen atoms in total. The zero-order valence-electron chi connectivity index (χ0n) is 18.6. The summed E-state index contributed by atoms with van der Waals surface area (Å²) >= 11 is 1.46.